The summed E-state index contributed by atoms with van der Waals surface area (Å²) < 4.78 is 0. The number of hydrogen-bond acceptors (Lipinski definition) is 3. The van der Waals surface area contributed by atoms with Crippen molar-refractivity contribution in [3.63, 3.8) is 0 Å². The van der Waals surface area contributed by atoms with Crippen LogP contribution in [0.25, 0.3) is 0 Å². The Balaban J connectivity index is 2.47. The van der Waals surface area contributed by atoms with Crippen LogP contribution in [0.4, 0.5) is 0 Å². The zero-order chi connectivity index (χ0) is 14.3. The highest BCUT2D eigenvalue weighted by atomic mass is 16.3. The Morgan fingerprint density at radius 3 is 2.53 bits per heavy atom. The molecule has 3 heteroatoms. The summed E-state index contributed by atoms with van der Waals surface area (Å²) in [7, 11) is 0. The predicted octanol–water partition coefficient (Wildman–Crippen LogP) is 2.50. The van der Waals surface area contributed by atoms with E-state index in [0.29, 0.717) is 11.3 Å². The Morgan fingerprint density at radius 2 is 2.05 bits per heavy atom. The Bertz CT molecular complexity index is 241. The third kappa shape index (κ3) is 6.73. The summed E-state index contributed by atoms with van der Waals surface area (Å²) >= 11 is 0. The molecule has 0 aromatic carbocycles. The first-order valence-electron chi connectivity index (χ1n) is 8.06. The monoisotopic (exact) mass is 270 g/mol. The molecule has 0 radical (unpaired) electrons. The van der Waals surface area contributed by atoms with Gasteiger partial charge in [0.15, 0.2) is 0 Å². The molecular weight excluding hydrogens is 236 g/mol. The normalized spacial score (nSPS) is 19.1. The first kappa shape index (κ1) is 16.9. The van der Waals surface area contributed by atoms with Crippen molar-refractivity contribution in [3.05, 3.63) is 0 Å². The number of nitrogens with zero attached hydrogens (tertiary/aromatic N) is 1. The fraction of sp³-hybridized carbons (Fsp3) is 1.00. The molecule has 0 saturated heterocycles. The van der Waals surface area contributed by atoms with Crippen LogP contribution >= 0.6 is 0 Å². The largest absolute Gasteiger partial charge is 0.395 e. The van der Waals surface area contributed by atoms with Crippen LogP contribution in [0.5, 0.6) is 0 Å². The Hall–Kier alpha value is -0.120. The van der Waals surface area contributed by atoms with Gasteiger partial charge in [0.25, 0.3) is 0 Å². The molecule has 0 aromatic rings. The van der Waals surface area contributed by atoms with E-state index in [4.69, 9.17) is 0 Å². The van der Waals surface area contributed by atoms with E-state index in [1.54, 1.807) is 0 Å². The molecule has 1 unspecified atom stereocenters. The van der Waals surface area contributed by atoms with E-state index in [-0.39, 0.29) is 6.61 Å². The minimum Gasteiger partial charge on any atom is -0.395 e. The molecule has 0 heterocycles. The van der Waals surface area contributed by atoms with Gasteiger partial charge in [-0.2, -0.15) is 0 Å². The zero-order valence-electron chi connectivity index (χ0n) is 13.4. The quantitative estimate of drug-likeness (QED) is 0.605. The molecule has 1 aliphatic rings. The Morgan fingerprint density at radius 1 is 1.37 bits per heavy atom. The van der Waals surface area contributed by atoms with E-state index in [0.717, 1.165) is 32.2 Å². The van der Waals surface area contributed by atoms with Crippen LogP contribution in [0.2, 0.25) is 0 Å². The third-order valence-corrected chi connectivity index (χ3v) is 3.99. The van der Waals surface area contributed by atoms with E-state index in [2.05, 4.69) is 37.9 Å². The zero-order valence-corrected chi connectivity index (χ0v) is 13.4. The highest BCUT2D eigenvalue weighted by Gasteiger charge is 2.34. The second-order valence-electron chi connectivity index (χ2n) is 7.01. The molecular formula is C16H34N2O. The van der Waals surface area contributed by atoms with Crippen LogP contribution in [-0.2, 0) is 0 Å². The number of aliphatic hydroxyl groups excluding tert-OH is 1. The minimum atomic E-state index is 0.290. The molecule has 0 amide bonds. The summed E-state index contributed by atoms with van der Waals surface area (Å²) in [6, 6.07) is 0.744. The van der Waals surface area contributed by atoms with E-state index < -0.39 is 0 Å². The van der Waals surface area contributed by atoms with Crippen molar-refractivity contribution in [3.8, 4) is 0 Å². The standard InChI is InChI=1S/C16H34N2O/c1-5-8-16(4,12-17-11-14(2)3)13-18(9-10-19)15-6-7-15/h14-15,17,19H,5-13H2,1-4H3. The lowest BCUT2D eigenvalue weighted by atomic mass is 9.84. The maximum Gasteiger partial charge on any atom is 0.0558 e. The van der Waals surface area contributed by atoms with Gasteiger partial charge in [0, 0.05) is 25.7 Å². The molecule has 0 aliphatic heterocycles. The minimum absolute atomic E-state index is 0.290. The fourth-order valence-corrected chi connectivity index (χ4v) is 2.94. The van der Waals surface area contributed by atoms with Gasteiger partial charge in [0.2, 0.25) is 0 Å². The SMILES string of the molecule is CCCC(C)(CNCC(C)C)CN(CCO)C1CC1. The van der Waals surface area contributed by atoms with Crippen molar-refractivity contribution < 1.29 is 5.11 Å². The Labute approximate surface area is 119 Å². The van der Waals surface area contributed by atoms with Crippen molar-refractivity contribution in [1.29, 1.82) is 0 Å². The van der Waals surface area contributed by atoms with Crippen LogP contribution in [0.1, 0.15) is 53.4 Å². The van der Waals surface area contributed by atoms with Crippen molar-refractivity contribution in [2.24, 2.45) is 11.3 Å². The molecule has 0 spiro atoms. The number of aliphatic hydroxyl groups is 1. The summed E-state index contributed by atoms with van der Waals surface area (Å²) in [5.74, 6) is 0.711. The van der Waals surface area contributed by atoms with Gasteiger partial charge < -0.3 is 10.4 Å². The van der Waals surface area contributed by atoms with Gasteiger partial charge in [-0.05, 0) is 37.1 Å². The number of rotatable bonds is 11. The van der Waals surface area contributed by atoms with Crippen molar-refractivity contribution in [2.75, 3.05) is 32.8 Å². The van der Waals surface area contributed by atoms with Crippen LogP contribution in [0.3, 0.4) is 0 Å². The van der Waals surface area contributed by atoms with E-state index >= 15 is 0 Å². The van der Waals surface area contributed by atoms with Gasteiger partial charge in [0.05, 0.1) is 6.61 Å². The molecule has 1 saturated carbocycles. The molecule has 19 heavy (non-hydrogen) atoms. The molecule has 1 atom stereocenters. The second kappa shape index (κ2) is 8.23. The van der Waals surface area contributed by atoms with Gasteiger partial charge in [-0.25, -0.2) is 0 Å². The molecule has 3 nitrogen and oxygen atoms in total. The fourth-order valence-electron chi connectivity index (χ4n) is 2.94. The lowest BCUT2D eigenvalue weighted by Crippen LogP contribution is -2.44. The van der Waals surface area contributed by atoms with Crippen molar-refractivity contribution in [2.45, 2.75) is 59.4 Å². The second-order valence-corrected chi connectivity index (χ2v) is 7.01. The van der Waals surface area contributed by atoms with E-state index in [1.807, 2.05) is 0 Å². The van der Waals surface area contributed by atoms with Gasteiger partial charge in [-0.15, -0.1) is 0 Å². The highest BCUT2D eigenvalue weighted by Crippen LogP contribution is 2.32. The average molecular weight is 270 g/mol. The van der Waals surface area contributed by atoms with Crippen LogP contribution < -0.4 is 5.32 Å². The molecule has 1 rings (SSSR count). The van der Waals surface area contributed by atoms with Gasteiger partial charge in [0.1, 0.15) is 0 Å². The first-order valence-corrected chi connectivity index (χ1v) is 8.06. The van der Waals surface area contributed by atoms with Gasteiger partial charge in [-0.3, -0.25) is 4.90 Å². The van der Waals surface area contributed by atoms with E-state index in [9.17, 15) is 5.11 Å². The van der Waals surface area contributed by atoms with Gasteiger partial charge >= 0.3 is 0 Å². The highest BCUT2D eigenvalue weighted by molar-refractivity contribution is 4.89. The Kier molecular flexibility index (Phi) is 7.33. The summed E-state index contributed by atoms with van der Waals surface area (Å²) in [4.78, 5) is 2.51. The smallest absolute Gasteiger partial charge is 0.0558 e. The van der Waals surface area contributed by atoms with E-state index in [1.165, 1.54) is 25.7 Å². The summed E-state index contributed by atoms with van der Waals surface area (Å²) in [5, 5.41) is 12.9. The molecule has 0 aromatic heterocycles. The predicted molar refractivity (Wildman–Crippen MR) is 82.4 cm³/mol. The van der Waals surface area contributed by atoms with Crippen molar-refractivity contribution >= 4 is 0 Å². The van der Waals surface area contributed by atoms with Crippen LogP contribution in [0, 0.1) is 11.3 Å². The third-order valence-electron chi connectivity index (χ3n) is 3.99. The average Bonchev–Trinajstić information content (AvgIpc) is 3.12. The number of hydrogen-bond donors (Lipinski definition) is 2. The molecule has 114 valence electrons. The van der Waals surface area contributed by atoms with Crippen LogP contribution in [0.15, 0.2) is 0 Å². The summed E-state index contributed by atoms with van der Waals surface area (Å²) in [6.45, 7) is 13.6. The first-order chi connectivity index (χ1) is 9.00. The van der Waals surface area contributed by atoms with Crippen LogP contribution in [-0.4, -0.2) is 48.8 Å². The van der Waals surface area contributed by atoms with Gasteiger partial charge in [-0.1, -0.05) is 34.1 Å². The summed E-state index contributed by atoms with van der Waals surface area (Å²) in [5.41, 5.74) is 0.335. The number of nitrogens with one attached hydrogen (secondary N) is 1. The lowest BCUT2D eigenvalue weighted by Gasteiger charge is -2.36. The maximum absolute atomic E-state index is 9.23. The van der Waals surface area contributed by atoms with Crippen molar-refractivity contribution in [1.82, 2.24) is 10.2 Å². The molecule has 2 N–H and O–H groups in total. The molecule has 0 bridgehead atoms. The summed E-state index contributed by atoms with van der Waals surface area (Å²) in [6.07, 6.45) is 5.13. The molecule has 1 fully saturated rings. The maximum atomic E-state index is 9.23. The molecule has 1 aliphatic carbocycles. The topological polar surface area (TPSA) is 35.5 Å². The lowest BCUT2D eigenvalue weighted by molar-refractivity contribution is 0.118.